The fraction of sp³-hybridized carbons (Fsp3) is 0.333. The average molecular weight is 266 g/mol. The molecule has 0 spiro atoms. The molecule has 0 fully saturated rings. The summed E-state index contributed by atoms with van der Waals surface area (Å²) in [5.74, 6) is -0.145. The van der Waals surface area contributed by atoms with Crippen LogP contribution in [-0.4, -0.2) is 24.2 Å². The van der Waals surface area contributed by atoms with Gasteiger partial charge in [0.25, 0.3) is 5.91 Å². The number of carbonyl (C=O) groups excluding carboxylic acids is 2. The van der Waals surface area contributed by atoms with E-state index in [1.165, 1.54) is 11.8 Å². The highest BCUT2D eigenvalue weighted by Crippen LogP contribution is 2.30. The maximum atomic E-state index is 11.4. The van der Waals surface area contributed by atoms with Gasteiger partial charge in [-0.15, -0.1) is 11.8 Å². The van der Waals surface area contributed by atoms with Crippen LogP contribution in [0.2, 0.25) is 0 Å². The quantitative estimate of drug-likeness (QED) is 0.485. The molecule has 5 nitrogen and oxygen atoms in total. The van der Waals surface area contributed by atoms with Crippen LogP contribution < -0.4 is 11.1 Å². The number of hydrogen-bond donors (Lipinski definition) is 2. The molecule has 1 aromatic rings. The summed E-state index contributed by atoms with van der Waals surface area (Å²) in [4.78, 5) is 23.5. The van der Waals surface area contributed by atoms with Crippen LogP contribution in [0.15, 0.2) is 17.0 Å². The van der Waals surface area contributed by atoms with Gasteiger partial charge in [-0.2, -0.15) is 0 Å². The Kier molecular flexibility index (Phi) is 3.76. The normalized spacial score (nSPS) is 13.1. The number of fused-ring (bicyclic) bond motifs is 1. The Morgan fingerprint density at radius 2 is 2.33 bits per heavy atom. The summed E-state index contributed by atoms with van der Waals surface area (Å²) in [6, 6.07) is 3.51. The van der Waals surface area contributed by atoms with E-state index in [1.54, 1.807) is 13.0 Å². The first kappa shape index (κ1) is 12.8. The molecule has 0 saturated carbocycles. The Balaban J connectivity index is 2.10. The molecule has 1 heterocycles. The first-order valence-corrected chi connectivity index (χ1v) is 6.59. The van der Waals surface area contributed by atoms with Crippen LogP contribution >= 0.6 is 11.8 Å². The van der Waals surface area contributed by atoms with Crippen molar-refractivity contribution in [3.8, 4) is 0 Å². The van der Waals surface area contributed by atoms with E-state index < -0.39 is 0 Å². The van der Waals surface area contributed by atoms with Gasteiger partial charge < -0.3 is 15.8 Å². The number of nitrogen functional groups attached to an aromatic ring is 1. The molecule has 18 heavy (non-hydrogen) atoms. The van der Waals surface area contributed by atoms with Gasteiger partial charge in [-0.25, -0.2) is 0 Å². The summed E-state index contributed by atoms with van der Waals surface area (Å²) in [5.41, 5.74) is 7.91. The molecular formula is C12H14N2O3S. The van der Waals surface area contributed by atoms with Crippen LogP contribution in [0.25, 0.3) is 0 Å². The number of benzene rings is 1. The van der Waals surface area contributed by atoms with Gasteiger partial charge in [-0.1, -0.05) is 0 Å². The summed E-state index contributed by atoms with van der Waals surface area (Å²) in [6.07, 6.45) is 0. The fourth-order valence-corrected chi connectivity index (χ4v) is 2.54. The second kappa shape index (κ2) is 5.30. The first-order valence-electron chi connectivity index (χ1n) is 5.60. The molecule has 6 heteroatoms. The lowest BCUT2D eigenvalue weighted by molar-refractivity contribution is -0.139. The number of thioether (sulfide) groups is 1. The average Bonchev–Trinajstić information content (AvgIpc) is 2.68. The van der Waals surface area contributed by atoms with Gasteiger partial charge in [0.2, 0.25) is 0 Å². The molecule has 1 aliphatic rings. The highest BCUT2D eigenvalue weighted by molar-refractivity contribution is 8.00. The lowest BCUT2D eigenvalue weighted by Gasteiger charge is -2.07. The molecule has 0 radical (unpaired) electrons. The Labute approximate surface area is 109 Å². The number of nitrogens with one attached hydrogen (secondary N) is 1. The molecule has 96 valence electrons. The summed E-state index contributed by atoms with van der Waals surface area (Å²) >= 11 is 1.32. The first-order chi connectivity index (χ1) is 8.61. The van der Waals surface area contributed by atoms with Gasteiger partial charge in [0.1, 0.15) is 0 Å². The lowest BCUT2D eigenvalue weighted by Crippen LogP contribution is -2.12. The van der Waals surface area contributed by atoms with Crippen LogP contribution in [0, 0.1) is 0 Å². The van der Waals surface area contributed by atoms with Gasteiger partial charge in [-0.3, -0.25) is 9.59 Å². The topological polar surface area (TPSA) is 81.4 Å². The van der Waals surface area contributed by atoms with Gasteiger partial charge in [-0.05, 0) is 24.6 Å². The number of carbonyl (C=O) groups is 2. The fourth-order valence-electron chi connectivity index (χ4n) is 1.73. The minimum absolute atomic E-state index is 0.0985. The summed E-state index contributed by atoms with van der Waals surface area (Å²) in [5, 5.41) is 2.73. The predicted octanol–water partition coefficient (Wildman–Crippen LogP) is 1.17. The van der Waals surface area contributed by atoms with Gasteiger partial charge >= 0.3 is 5.97 Å². The van der Waals surface area contributed by atoms with Crippen molar-refractivity contribution in [2.24, 2.45) is 0 Å². The van der Waals surface area contributed by atoms with Crippen LogP contribution in [0.5, 0.6) is 0 Å². The molecule has 1 aliphatic heterocycles. The van der Waals surface area contributed by atoms with Crippen molar-refractivity contribution in [2.45, 2.75) is 18.4 Å². The van der Waals surface area contributed by atoms with Crippen molar-refractivity contribution >= 4 is 29.3 Å². The van der Waals surface area contributed by atoms with E-state index in [-0.39, 0.29) is 17.6 Å². The molecule has 2 rings (SSSR count). The molecule has 0 aromatic heterocycles. The molecule has 0 atom stereocenters. The van der Waals surface area contributed by atoms with Crippen LogP contribution in [-0.2, 0) is 16.1 Å². The molecule has 0 unspecified atom stereocenters. The second-order valence-corrected chi connectivity index (χ2v) is 4.84. The Bertz CT molecular complexity index is 502. The number of nitrogens with two attached hydrogens (primary N) is 1. The summed E-state index contributed by atoms with van der Waals surface area (Å²) in [7, 11) is 0. The highest BCUT2D eigenvalue weighted by atomic mass is 32.2. The SMILES string of the molecule is CCOC(=O)CSc1cc2c(cc1N)C(=O)NC2. The van der Waals surface area contributed by atoms with E-state index in [9.17, 15) is 9.59 Å². The maximum absolute atomic E-state index is 11.4. The van der Waals surface area contributed by atoms with Crippen LogP contribution in [0.4, 0.5) is 5.69 Å². The molecule has 1 aromatic carbocycles. The van der Waals surface area contributed by atoms with Crippen molar-refractivity contribution in [2.75, 3.05) is 18.1 Å². The summed E-state index contributed by atoms with van der Waals surface area (Å²) in [6.45, 7) is 2.66. The largest absolute Gasteiger partial charge is 0.465 e. The number of anilines is 1. The van der Waals surface area contributed by atoms with E-state index in [4.69, 9.17) is 10.5 Å². The number of hydrogen-bond acceptors (Lipinski definition) is 5. The number of ether oxygens (including phenoxy) is 1. The summed E-state index contributed by atoms with van der Waals surface area (Å²) < 4.78 is 4.85. The van der Waals surface area contributed by atoms with Crippen molar-refractivity contribution in [3.05, 3.63) is 23.3 Å². The standard InChI is InChI=1S/C12H14N2O3S/c1-2-17-11(15)6-18-10-3-7-5-14-12(16)8(7)4-9(10)13/h3-4H,2,5-6,13H2,1H3,(H,14,16). The van der Waals surface area contributed by atoms with E-state index in [0.717, 1.165) is 10.5 Å². The molecule has 1 amide bonds. The molecule has 0 bridgehead atoms. The lowest BCUT2D eigenvalue weighted by atomic mass is 10.1. The second-order valence-electron chi connectivity index (χ2n) is 3.82. The zero-order valence-corrected chi connectivity index (χ0v) is 10.8. The number of esters is 1. The maximum Gasteiger partial charge on any atom is 0.316 e. The van der Waals surface area contributed by atoms with Gasteiger partial charge in [0, 0.05) is 22.7 Å². The smallest absolute Gasteiger partial charge is 0.316 e. The van der Waals surface area contributed by atoms with Crippen molar-refractivity contribution in [1.29, 1.82) is 0 Å². The van der Waals surface area contributed by atoms with Crippen LogP contribution in [0.1, 0.15) is 22.8 Å². The Morgan fingerprint density at radius 1 is 1.56 bits per heavy atom. The van der Waals surface area contributed by atoms with Crippen molar-refractivity contribution in [3.63, 3.8) is 0 Å². The Hall–Kier alpha value is -1.69. The molecular weight excluding hydrogens is 252 g/mol. The third-order valence-electron chi connectivity index (χ3n) is 2.57. The third kappa shape index (κ3) is 2.59. The van der Waals surface area contributed by atoms with Crippen molar-refractivity contribution < 1.29 is 14.3 Å². The minimum atomic E-state index is -0.267. The van der Waals surface area contributed by atoms with Crippen LogP contribution in [0.3, 0.4) is 0 Å². The highest BCUT2D eigenvalue weighted by Gasteiger charge is 2.20. The molecule has 3 N–H and O–H groups in total. The van der Waals surface area contributed by atoms with E-state index in [1.807, 2.05) is 6.07 Å². The van der Waals surface area contributed by atoms with E-state index in [2.05, 4.69) is 5.32 Å². The van der Waals surface area contributed by atoms with Gasteiger partial charge in [0.15, 0.2) is 0 Å². The molecule has 0 saturated heterocycles. The monoisotopic (exact) mass is 266 g/mol. The molecule has 0 aliphatic carbocycles. The zero-order valence-electron chi connectivity index (χ0n) is 9.99. The van der Waals surface area contributed by atoms with E-state index >= 15 is 0 Å². The third-order valence-corrected chi connectivity index (χ3v) is 3.62. The number of amides is 1. The number of rotatable bonds is 4. The minimum Gasteiger partial charge on any atom is -0.465 e. The van der Waals surface area contributed by atoms with Crippen molar-refractivity contribution in [1.82, 2.24) is 5.32 Å². The van der Waals surface area contributed by atoms with E-state index in [0.29, 0.717) is 24.4 Å². The Morgan fingerprint density at radius 3 is 3.06 bits per heavy atom. The zero-order chi connectivity index (χ0) is 13.1. The van der Waals surface area contributed by atoms with Gasteiger partial charge in [0.05, 0.1) is 12.4 Å². The predicted molar refractivity (Wildman–Crippen MR) is 69.4 cm³/mol.